The fourth-order valence-electron chi connectivity index (χ4n) is 0.793. The van der Waals surface area contributed by atoms with Gasteiger partial charge in [0.05, 0.1) is 5.60 Å². The molecule has 0 aromatic carbocycles. The van der Waals surface area contributed by atoms with Crippen molar-refractivity contribution < 1.29 is 4.74 Å². The third-order valence-corrected chi connectivity index (χ3v) is 1.88. The van der Waals surface area contributed by atoms with Crippen LogP contribution in [0.5, 0.6) is 0 Å². The van der Waals surface area contributed by atoms with E-state index in [1.54, 1.807) is 7.11 Å². The van der Waals surface area contributed by atoms with Crippen LogP contribution in [0.25, 0.3) is 0 Å². The molecule has 2 nitrogen and oxygen atoms in total. The molecule has 11 heavy (non-hydrogen) atoms. The highest BCUT2D eigenvalue weighted by molar-refractivity contribution is 4.68. The van der Waals surface area contributed by atoms with E-state index in [0.29, 0.717) is 0 Å². The molecule has 0 aliphatic rings. The Morgan fingerprint density at radius 2 is 1.91 bits per heavy atom. The monoisotopic (exact) mass is 159 g/mol. The predicted molar refractivity (Wildman–Crippen MR) is 48.9 cm³/mol. The molecule has 68 valence electrons. The molecule has 0 aliphatic heterocycles. The summed E-state index contributed by atoms with van der Waals surface area (Å²) in [5.41, 5.74) is 0.0285. The minimum absolute atomic E-state index is 0.0285. The topological polar surface area (TPSA) is 21.3 Å². The fourth-order valence-corrected chi connectivity index (χ4v) is 0.793. The van der Waals surface area contributed by atoms with E-state index in [4.69, 9.17) is 4.74 Å². The van der Waals surface area contributed by atoms with Crippen molar-refractivity contribution >= 4 is 0 Å². The lowest BCUT2D eigenvalue weighted by Crippen LogP contribution is -2.29. The number of hydrogen-bond donors (Lipinski definition) is 1. The molecule has 0 bridgehead atoms. The largest absolute Gasteiger partial charge is 0.379 e. The van der Waals surface area contributed by atoms with Crippen molar-refractivity contribution in [1.82, 2.24) is 5.32 Å². The third kappa shape index (κ3) is 6.32. The first kappa shape index (κ1) is 10.9. The highest BCUT2D eigenvalue weighted by Gasteiger charge is 2.14. The molecule has 0 saturated carbocycles. The summed E-state index contributed by atoms with van der Waals surface area (Å²) < 4.78 is 5.28. The predicted octanol–water partition coefficient (Wildman–Crippen LogP) is 1.80. The lowest BCUT2D eigenvalue weighted by Gasteiger charge is -2.22. The van der Waals surface area contributed by atoms with Gasteiger partial charge in [-0.1, -0.05) is 6.92 Å². The molecule has 0 radical (unpaired) electrons. The summed E-state index contributed by atoms with van der Waals surface area (Å²) in [6.07, 6.45) is 2.27. The van der Waals surface area contributed by atoms with E-state index in [9.17, 15) is 0 Å². The molecule has 0 aromatic heterocycles. The van der Waals surface area contributed by atoms with Crippen LogP contribution in [0.15, 0.2) is 0 Å². The second kappa shape index (κ2) is 5.56. The molecule has 0 atom stereocenters. The Kier molecular flexibility index (Phi) is 5.51. The van der Waals surface area contributed by atoms with Gasteiger partial charge in [0.1, 0.15) is 0 Å². The molecule has 0 unspecified atom stereocenters. The number of hydrogen-bond acceptors (Lipinski definition) is 2. The second-order valence-corrected chi connectivity index (χ2v) is 3.46. The van der Waals surface area contributed by atoms with Crippen LogP contribution in [0, 0.1) is 0 Å². The molecule has 0 amide bonds. The molecular weight excluding hydrogens is 138 g/mol. The first-order chi connectivity index (χ1) is 5.12. The maximum Gasteiger partial charge on any atom is 0.0634 e. The van der Waals surface area contributed by atoms with E-state index in [1.807, 2.05) is 0 Å². The Labute approximate surface area is 70.3 Å². The Morgan fingerprint density at radius 1 is 1.27 bits per heavy atom. The van der Waals surface area contributed by atoms with E-state index >= 15 is 0 Å². The molecule has 0 heterocycles. The average Bonchev–Trinajstić information content (AvgIpc) is 1.99. The third-order valence-electron chi connectivity index (χ3n) is 1.88. The van der Waals surface area contributed by atoms with Gasteiger partial charge in [0.2, 0.25) is 0 Å². The first-order valence-electron chi connectivity index (χ1n) is 4.38. The molecule has 0 rings (SSSR count). The molecule has 0 aliphatic carbocycles. The van der Waals surface area contributed by atoms with E-state index in [-0.39, 0.29) is 5.60 Å². The highest BCUT2D eigenvalue weighted by atomic mass is 16.5. The Hall–Kier alpha value is -0.0800. The second-order valence-electron chi connectivity index (χ2n) is 3.46. The summed E-state index contributed by atoms with van der Waals surface area (Å²) in [6, 6.07) is 0. The lowest BCUT2D eigenvalue weighted by atomic mass is 10.1. The van der Waals surface area contributed by atoms with Crippen molar-refractivity contribution in [3.63, 3.8) is 0 Å². The molecule has 0 spiro atoms. The minimum atomic E-state index is 0.0285. The maximum absolute atomic E-state index is 5.28. The van der Waals surface area contributed by atoms with Crippen molar-refractivity contribution in [2.45, 2.75) is 39.2 Å². The standard InChI is InChI=1S/C9H21NO/c1-5-7-10-8-6-9(2,3)11-4/h10H,5-8H2,1-4H3. The van der Waals surface area contributed by atoms with Gasteiger partial charge < -0.3 is 10.1 Å². The van der Waals surface area contributed by atoms with Gasteiger partial charge in [-0.05, 0) is 39.8 Å². The van der Waals surface area contributed by atoms with Crippen LogP contribution in [0.2, 0.25) is 0 Å². The minimum Gasteiger partial charge on any atom is -0.379 e. The Bertz CT molecular complexity index is 91.6. The maximum atomic E-state index is 5.28. The van der Waals surface area contributed by atoms with Crippen LogP contribution < -0.4 is 5.32 Å². The Balaban J connectivity index is 3.23. The van der Waals surface area contributed by atoms with Crippen LogP contribution in [-0.2, 0) is 4.74 Å². The molecular formula is C9H21NO. The van der Waals surface area contributed by atoms with Gasteiger partial charge in [-0.25, -0.2) is 0 Å². The van der Waals surface area contributed by atoms with Crippen LogP contribution in [0.1, 0.15) is 33.6 Å². The first-order valence-corrected chi connectivity index (χ1v) is 4.38. The molecule has 1 N–H and O–H groups in total. The smallest absolute Gasteiger partial charge is 0.0634 e. The summed E-state index contributed by atoms with van der Waals surface area (Å²) in [4.78, 5) is 0. The van der Waals surface area contributed by atoms with Crippen molar-refractivity contribution in [3.8, 4) is 0 Å². The summed E-state index contributed by atoms with van der Waals surface area (Å²) in [5.74, 6) is 0. The van der Waals surface area contributed by atoms with Crippen LogP contribution in [0.3, 0.4) is 0 Å². The Morgan fingerprint density at radius 3 is 2.36 bits per heavy atom. The van der Waals surface area contributed by atoms with Gasteiger partial charge in [-0.2, -0.15) is 0 Å². The zero-order valence-electron chi connectivity index (χ0n) is 8.24. The van der Waals surface area contributed by atoms with Crippen LogP contribution >= 0.6 is 0 Å². The highest BCUT2D eigenvalue weighted by Crippen LogP contribution is 2.10. The number of rotatable bonds is 6. The summed E-state index contributed by atoms with van der Waals surface area (Å²) in [6.45, 7) is 8.56. The van der Waals surface area contributed by atoms with Gasteiger partial charge >= 0.3 is 0 Å². The van der Waals surface area contributed by atoms with Gasteiger partial charge in [0.25, 0.3) is 0 Å². The quantitative estimate of drug-likeness (QED) is 0.597. The van der Waals surface area contributed by atoms with Gasteiger partial charge in [0.15, 0.2) is 0 Å². The van der Waals surface area contributed by atoms with Crippen molar-refractivity contribution in [2.24, 2.45) is 0 Å². The molecule has 2 heteroatoms. The molecule has 0 aromatic rings. The van der Waals surface area contributed by atoms with Crippen molar-refractivity contribution in [3.05, 3.63) is 0 Å². The summed E-state index contributed by atoms with van der Waals surface area (Å²) in [5, 5.41) is 3.35. The van der Waals surface area contributed by atoms with Crippen molar-refractivity contribution in [1.29, 1.82) is 0 Å². The average molecular weight is 159 g/mol. The van der Waals surface area contributed by atoms with Gasteiger partial charge in [0, 0.05) is 7.11 Å². The van der Waals surface area contributed by atoms with Gasteiger partial charge in [-0.15, -0.1) is 0 Å². The number of methoxy groups -OCH3 is 1. The van der Waals surface area contributed by atoms with Crippen LogP contribution in [0.4, 0.5) is 0 Å². The van der Waals surface area contributed by atoms with E-state index in [2.05, 4.69) is 26.1 Å². The fraction of sp³-hybridized carbons (Fsp3) is 1.00. The normalized spacial score (nSPS) is 12.0. The zero-order valence-corrected chi connectivity index (χ0v) is 8.24. The summed E-state index contributed by atoms with van der Waals surface area (Å²) in [7, 11) is 1.76. The van der Waals surface area contributed by atoms with Crippen molar-refractivity contribution in [2.75, 3.05) is 20.2 Å². The zero-order chi connectivity index (χ0) is 8.74. The van der Waals surface area contributed by atoms with E-state index in [1.165, 1.54) is 6.42 Å². The van der Waals surface area contributed by atoms with E-state index < -0.39 is 0 Å². The number of nitrogens with one attached hydrogen (secondary N) is 1. The lowest BCUT2D eigenvalue weighted by molar-refractivity contribution is 0.0159. The van der Waals surface area contributed by atoms with E-state index in [0.717, 1.165) is 19.5 Å². The molecule has 0 saturated heterocycles. The SMILES string of the molecule is CCCNCCC(C)(C)OC. The molecule has 0 fully saturated rings. The summed E-state index contributed by atoms with van der Waals surface area (Å²) >= 11 is 0. The van der Waals surface area contributed by atoms with Crippen LogP contribution in [-0.4, -0.2) is 25.8 Å². The van der Waals surface area contributed by atoms with Gasteiger partial charge in [-0.3, -0.25) is 0 Å². The number of ether oxygens (including phenoxy) is 1.